The molecule has 0 amide bonds. The molecule has 106 valence electrons. The molecular formula is C13H13ClN2O3S. The second-order valence-corrected chi connectivity index (χ2v) is 7.10. The van der Waals surface area contributed by atoms with Gasteiger partial charge in [0.25, 0.3) is 0 Å². The van der Waals surface area contributed by atoms with Gasteiger partial charge in [-0.2, -0.15) is 4.31 Å². The zero-order valence-electron chi connectivity index (χ0n) is 10.6. The van der Waals surface area contributed by atoms with E-state index in [0.717, 1.165) is 5.56 Å². The lowest BCUT2D eigenvalue weighted by molar-refractivity contribution is 0.379. The highest BCUT2D eigenvalue weighted by Gasteiger charge is 2.29. The lowest BCUT2D eigenvalue weighted by atomic mass is 10.2. The average Bonchev–Trinajstić information content (AvgIpc) is 2.98. The molecule has 0 spiro atoms. The van der Waals surface area contributed by atoms with E-state index in [0.29, 0.717) is 29.6 Å². The van der Waals surface area contributed by atoms with Crippen LogP contribution in [0.25, 0.3) is 11.3 Å². The van der Waals surface area contributed by atoms with E-state index in [1.165, 1.54) is 4.31 Å². The number of oxazole rings is 1. The Hall–Kier alpha value is -1.37. The van der Waals surface area contributed by atoms with Crippen LogP contribution in [0.2, 0.25) is 5.02 Å². The molecule has 3 rings (SSSR count). The van der Waals surface area contributed by atoms with E-state index >= 15 is 0 Å². The fraction of sp³-hybridized carbons (Fsp3) is 0.308. The van der Waals surface area contributed by atoms with Crippen LogP contribution < -0.4 is 0 Å². The molecule has 1 aromatic carbocycles. The first-order chi connectivity index (χ1) is 9.56. The number of rotatable bonds is 3. The normalized spacial score (nSPS) is 18.4. The van der Waals surface area contributed by atoms with Gasteiger partial charge in [-0.25, -0.2) is 13.4 Å². The van der Waals surface area contributed by atoms with Gasteiger partial charge in [0, 0.05) is 12.1 Å². The first-order valence-electron chi connectivity index (χ1n) is 6.24. The summed E-state index contributed by atoms with van der Waals surface area (Å²) in [4.78, 5) is 4.13. The molecular weight excluding hydrogens is 300 g/mol. The topological polar surface area (TPSA) is 63.4 Å². The minimum atomic E-state index is -3.14. The molecule has 0 N–H and O–H groups in total. The Morgan fingerprint density at radius 1 is 1.35 bits per heavy atom. The van der Waals surface area contributed by atoms with Crippen molar-refractivity contribution in [1.29, 1.82) is 0 Å². The van der Waals surface area contributed by atoms with Gasteiger partial charge in [0.05, 0.1) is 23.5 Å². The predicted octanol–water partition coefficient (Wildman–Crippen LogP) is 2.53. The Kier molecular flexibility index (Phi) is 3.54. The first kappa shape index (κ1) is 13.6. The molecule has 1 aliphatic rings. The van der Waals surface area contributed by atoms with Crippen LogP contribution in [0.3, 0.4) is 0 Å². The van der Waals surface area contributed by atoms with Crippen LogP contribution in [0.1, 0.15) is 12.3 Å². The number of hydrogen-bond donors (Lipinski definition) is 0. The van der Waals surface area contributed by atoms with E-state index in [1.807, 2.05) is 18.2 Å². The van der Waals surface area contributed by atoms with Crippen LogP contribution in [0, 0.1) is 0 Å². The molecule has 2 heterocycles. The van der Waals surface area contributed by atoms with Gasteiger partial charge in [-0.15, -0.1) is 0 Å². The van der Waals surface area contributed by atoms with E-state index in [9.17, 15) is 8.42 Å². The molecule has 0 atom stereocenters. The molecule has 0 aliphatic carbocycles. The number of nitrogens with zero attached hydrogens (tertiary/aromatic N) is 2. The maximum absolute atomic E-state index is 11.7. The van der Waals surface area contributed by atoms with Crippen molar-refractivity contribution in [3.05, 3.63) is 41.4 Å². The van der Waals surface area contributed by atoms with Gasteiger partial charge >= 0.3 is 0 Å². The molecule has 0 radical (unpaired) electrons. The number of benzene rings is 1. The van der Waals surface area contributed by atoms with Crippen LogP contribution in [0.15, 0.2) is 34.9 Å². The molecule has 2 aromatic rings. The second-order valence-electron chi connectivity index (χ2n) is 4.60. The Labute approximate surface area is 122 Å². The van der Waals surface area contributed by atoms with Crippen LogP contribution in [-0.4, -0.2) is 30.0 Å². The van der Waals surface area contributed by atoms with Gasteiger partial charge in [-0.3, -0.25) is 0 Å². The zero-order chi connectivity index (χ0) is 14.2. The van der Waals surface area contributed by atoms with Gasteiger partial charge in [-0.05, 0) is 18.6 Å². The third kappa shape index (κ3) is 2.59. The maximum Gasteiger partial charge on any atom is 0.214 e. The standard InChI is InChI=1S/C13H13ClN2O3S/c14-11-5-2-1-4-10(11)12-8-15-13(19-12)9-16-6-3-7-20(16,17)18/h1-2,4-5,8H,3,6-7,9H2. The highest BCUT2D eigenvalue weighted by Crippen LogP contribution is 2.28. The summed E-state index contributed by atoms with van der Waals surface area (Å²) >= 11 is 6.09. The lowest BCUT2D eigenvalue weighted by Crippen LogP contribution is -2.25. The summed E-state index contributed by atoms with van der Waals surface area (Å²) in [5.41, 5.74) is 0.747. The van der Waals surface area contributed by atoms with Crippen LogP contribution >= 0.6 is 11.6 Å². The third-order valence-electron chi connectivity index (χ3n) is 3.21. The van der Waals surface area contributed by atoms with Crippen LogP contribution in [0.5, 0.6) is 0 Å². The summed E-state index contributed by atoms with van der Waals surface area (Å²) in [5, 5.41) is 0.573. The summed E-state index contributed by atoms with van der Waals surface area (Å²) in [6, 6.07) is 7.29. The van der Waals surface area contributed by atoms with Crippen molar-refractivity contribution in [2.75, 3.05) is 12.3 Å². The number of hydrogen-bond acceptors (Lipinski definition) is 4. The van der Waals surface area contributed by atoms with Crippen molar-refractivity contribution >= 4 is 21.6 Å². The fourth-order valence-corrected chi connectivity index (χ4v) is 3.88. The largest absolute Gasteiger partial charge is 0.439 e. The molecule has 1 aromatic heterocycles. The van der Waals surface area contributed by atoms with Crippen LogP contribution in [-0.2, 0) is 16.6 Å². The van der Waals surface area contributed by atoms with Crippen molar-refractivity contribution in [2.45, 2.75) is 13.0 Å². The lowest BCUT2D eigenvalue weighted by Gasteiger charge is -2.10. The van der Waals surface area contributed by atoms with E-state index in [-0.39, 0.29) is 12.3 Å². The van der Waals surface area contributed by atoms with Gasteiger partial charge in [0.1, 0.15) is 0 Å². The minimum absolute atomic E-state index is 0.173. The summed E-state index contributed by atoms with van der Waals surface area (Å²) in [6.07, 6.45) is 2.22. The molecule has 7 heteroatoms. The van der Waals surface area contributed by atoms with Gasteiger partial charge in [-0.1, -0.05) is 23.7 Å². The van der Waals surface area contributed by atoms with Crippen molar-refractivity contribution < 1.29 is 12.8 Å². The molecule has 0 saturated carbocycles. The van der Waals surface area contributed by atoms with Crippen molar-refractivity contribution in [2.24, 2.45) is 0 Å². The van der Waals surface area contributed by atoms with Crippen LogP contribution in [0.4, 0.5) is 0 Å². The summed E-state index contributed by atoms with van der Waals surface area (Å²) in [7, 11) is -3.14. The number of sulfonamides is 1. The van der Waals surface area contributed by atoms with E-state index < -0.39 is 10.0 Å². The van der Waals surface area contributed by atoms with E-state index in [4.69, 9.17) is 16.0 Å². The zero-order valence-corrected chi connectivity index (χ0v) is 12.2. The molecule has 20 heavy (non-hydrogen) atoms. The number of aromatic nitrogens is 1. The Balaban J connectivity index is 1.83. The van der Waals surface area contributed by atoms with Gasteiger partial charge < -0.3 is 4.42 Å². The third-order valence-corrected chi connectivity index (χ3v) is 5.44. The first-order valence-corrected chi connectivity index (χ1v) is 8.22. The molecule has 5 nitrogen and oxygen atoms in total. The fourth-order valence-electron chi connectivity index (χ4n) is 2.19. The smallest absolute Gasteiger partial charge is 0.214 e. The average molecular weight is 313 g/mol. The monoisotopic (exact) mass is 312 g/mol. The Morgan fingerprint density at radius 3 is 2.85 bits per heavy atom. The van der Waals surface area contributed by atoms with Crippen molar-refractivity contribution in [3.63, 3.8) is 0 Å². The summed E-state index contributed by atoms with van der Waals surface area (Å²) < 4.78 is 30.5. The highest BCUT2D eigenvalue weighted by atomic mass is 35.5. The highest BCUT2D eigenvalue weighted by molar-refractivity contribution is 7.89. The molecule has 1 aliphatic heterocycles. The quantitative estimate of drug-likeness (QED) is 0.873. The maximum atomic E-state index is 11.7. The predicted molar refractivity (Wildman–Crippen MR) is 75.8 cm³/mol. The summed E-state index contributed by atoms with van der Waals surface area (Å²) in [5.74, 6) is 1.12. The van der Waals surface area contributed by atoms with Gasteiger partial charge in [0.15, 0.2) is 5.76 Å². The SMILES string of the molecule is O=S1(=O)CCCN1Cc1ncc(-c2ccccc2Cl)o1. The number of halogens is 1. The Bertz CT molecular complexity index is 727. The van der Waals surface area contributed by atoms with E-state index in [1.54, 1.807) is 12.3 Å². The Morgan fingerprint density at radius 2 is 2.15 bits per heavy atom. The molecule has 1 saturated heterocycles. The molecule has 1 fully saturated rings. The molecule has 0 bridgehead atoms. The van der Waals surface area contributed by atoms with Crippen molar-refractivity contribution in [1.82, 2.24) is 9.29 Å². The van der Waals surface area contributed by atoms with Crippen molar-refractivity contribution in [3.8, 4) is 11.3 Å². The van der Waals surface area contributed by atoms with E-state index in [2.05, 4.69) is 4.98 Å². The minimum Gasteiger partial charge on any atom is -0.439 e. The molecule has 0 unspecified atom stereocenters. The van der Waals surface area contributed by atoms with Gasteiger partial charge in [0.2, 0.25) is 15.9 Å². The summed E-state index contributed by atoms with van der Waals surface area (Å²) in [6.45, 7) is 0.693. The second kappa shape index (κ2) is 5.20.